The van der Waals surface area contributed by atoms with Crippen LogP contribution in [-0.4, -0.2) is 18.7 Å². The highest BCUT2D eigenvalue weighted by Crippen LogP contribution is 2.32. The summed E-state index contributed by atoms with van der Waals surface area (Å²) in [6, 6.07) is 8.99. The summed E-state index contributed by atoms with van der Waals surface area (Å²) in [5.41, 5.74) is 2.53. The standard InChI is InChI=1S/C18H24N2O/c1-20-18(13-19)10-4-7-17(12-18)21-16-9-8-14-5-2-3-6-15(14)11-16/h8-9,11,17,20H,2-7,10,12H2,1H3. The van der Waals surface area contributed by atoms with E-state index in [-0.39, 0.29) is 6.10 Å². The number of aryl methyl sites for hydroxylation is 2. The van der Waals surface area contributed by atoms with Gasteiger partial charge in [0.25, 0.3) is 0 Å². The summed E-state index contributed by atoms with van der Waals surface area (Å²) < 4.78 is 6.19. The normalized spacial score (nSPS) is 28.5. The van der Waals surface area contributed by atoms with Gasteiger partial charge in [-0.25, -0.2) is 0 Å². The Balaban J connectivity index is 1.70. The Morgan fingerprint density at radius 3 is 2.81 bits per heavy atom. The number of nitriles is 1. The van der Waals surface area contributed by atoms with Gasteiger partial charge in [0, 0.05) is 6.42 Å². The Kier molecular flexibility index (Phi) is 4.17. The molecule has 1 aromatic rings. The molecule has 0 amide bonds. The Hall–Kier alpha value is -1.53. The van der Waals surface area contributed by atoms with Crippen molar-refractivity contribution in [1.82, 2.24) is 5.32 Å². The second-order valence-corrected chi connectivity index (χ2v) is 6.42. The van der Waals surface area contributed by atoms with Crippen LogP contribution in [0.1, 0.15) is 49.7 Å². The van der Waals surface area contributed by atoms with Gasteiger partial charge in [0.05, 0.1) is 6.07 Å². The molecule has 2 unspecified atom stereocenters. The molecule has 1 saturated carbocycles. The lowest BCUT2D eigenvalue weighted by molar-refractivity contribution is 0.116. The molecule has 0 aliphatic heterocycles. The van der Waals surface area contributed by atoms with Crippen molar-refractivity contribution in [2.24, 2.45) is 0 Å². The van der Waals surface area contributed by atoms with E-state index in [9.17, 15) is 5.26 Å². The third kappa shape index (κ3) is 3.06. The average Bonchev–Trinajstić information content (AvgIpc) is 2.55. The van der Waals surface area contributed by atoms with Crippen molar-refractivity contribution in [3.8, 4) is 11.8 Å². The molecular weight excluding hydrogens is 260 g/mol. The molecule has 1 aromatic carbocycles. The molecule has 2 atom stereocenters. The van der Waals surface area contributed by atoms with Crippen molar-refractivity contribution in [2.75, 3.05) is 7.05 Å². The zero-order valence-corrected chi connectivity index (χ0v) is 12.8. The summed E-state index contributed by atoms with van der Waals surface area (Å²) in [7, 11) is 1.88. The quantitative estimate of drug-likeness (QED) is 0.925. The van der Waals surface area contributed by atoms with Gasteiger partial charge in [-0.1, -0.05) is 6.07 Å². The maximum absolute atomic E-state index is 9.42. The van der Waals surface area contributed by atoms with Crippen LogP contribution in [0.15, 0.2) is 18.2 Å². The fraction of sp³-hybridized carbons (Fsp3) is 0.611. The number of hydrogen-bond donors (Lipinski definition) is 1. The first-order valence-electron chi connectivity index (χ1n) is 8.13. The van der Waals surface area contributed by atoms with Crippen LogP contribution in [0.5, 0.6) is 5.75 Å². The molecule has 0 bridgehead atoms. The number of benzene rings is 1. The number of fused-ring (bicyclic) bond motifs is 1. The molecule has 0 radical (unpaired) electrons. The van der Waals surface area contributed by atoms with Gasteiger partial charge in [0.2, 0.25) is 0 Å². The van der Waals surface area contributed by atoms with Crippen molar-refractivity contribution in [3.63, 3.8) is 0 Å². The third-order valence-corrected chi connectivity index (χ3v) is 5.02. The SMILES string of the molecule is CNC1(C#N)CCCC(Oc2ccc3c(c2)CCCC3)C1. The lowest BCUT2D eigenvalue weighted by Crippen LogP contribution is -2.48. The monoisotopic (exact) mass is 284 g/mol. The van der Waals surface area contributed by atoms with Crippen molar-refractivity contribution in [2.45, 2.75) is 63.0 Å². The molecule has 3 rings (SSSR count). The van der Waals surface area contributed by atoms with Crippen LogP contribution in [0.25, 0.3) is 0 Å². The Morgan fingerprint density at radius 2 is 2.05 bits per heavy atom. The minimum atomic E-state index is -0.406. The zero-order chi connectivity index (χ0) is 14.7. The molecule has 3 heteroatoms. The van der Waals surface area contributed by atoms with Gasteiger partial charge >= 0.3 is 0 Å². The van der Waals surface area contributed by atoms with E-state index in [1.54, 1.807) is 0 Å². The van der Waals surface area contributed by atoms with E-state index in [2.05, 4.69) is 29.6 Å². The molecule has 21 heavy (non-hydrogen) atoms. The third-order valence-electron chi connectivity index (χ3n) is 5.02. The van der Waals surface area contributed by atoms with E-state index >= 15 is 0 Å². The predicted octanol–water partition coefficient (Wildman–Crippen LogP) is 3.37. The summed E-state index contributed by atoms with van der Waals surface area (Å²) in [4.78, 5) is 0. The minimum absolute atomic E-state index is 0.146. The lowest BCUT2D eigenvalue weighted by Gasteiger charge is -2.35. The smallest absolute Gasteiger partial charge is 0.120 e. The first kappa shape index (κ1) is 14.4. The minimum Gasteiger partial charge on any atom is -0.490 e. The van der Waals surface area contributed by atoms with Crippen LogP contribution in [-0.2, 0) is 12.8 Å². The lowest BCUT2D eigenvalue weighted by atomic mass is 9.81. The van der Waals surface area contributed by atoms with Gasteiger partial charge in [-0.15, -0.1) is 0 Å². The van der Waals surface area contributed by atoms with Gasteiger partial charge in [-0.2, -0.15) is 5.26 Å². The first-order valence-corrected chi connectivity index (χ1v) is 8.13. The molecule has 0 saturated heterocycles. The van der Waals surface area contributed by atoms with Gasteiger partial charge in [-0.3, -0.25) is 0 Å². The highest BCUT2D eigenvalue weighted by atomic mass is 16.5. The molecular formula is C18H24N2O. The number of nitrogens with one attached hydrogen (secondary N) is 1. The molecule has 0 spiro atoms. The Morgan fingerprint density at radius 1 is 1.24 bits per heavy atom. The fourth-order valence-electron chi connectivity index (χ4n) is 3.68. The van der Waals surface area contributed by atoms with E-state index in [1.807, 2.05) is 7.05 Å². The maximum atomic E-state index is 9.42. The molecule has 3 nitrogen and oxygen atoms in total. The van der Waals surface area contributed by atoms with E-state index in [0.717, 1.165) is 31.4 Å². The average molecular weight is 284 g/mol. The van der Waals surface area contributed by atoms with Crippen LogP contribution in [0, 0.1) is 11.3 Å². The summed E-state index contributed by atoms with van der Waals surface area (Å²) in [6.07, 6.45) is 8.91. The van der Waals surface area contributed by atoms with Crippen LogP contribution >= 0.6 is 0 Å². The molecule has 2 aliphatic rings. The topological polar surface area (TPSA) is 45.0 Å². The van der Waals surface area contributed by atoms with E-state index in [4.69, 9.17) is 4.74 Å². The Labute approximate surface area is 127 Å². The van der Waals surface area contributed by atoms with E-state index in [0.29, 0.717) is 0 Å². The maximum Gasteiger partial charge on any atom is 0.120 e. The number of hydrogen-bond acceptors (Lipinski definition) is 3. The van der Waals surface area contributed by atoms with Gasteiger partial charge in [0.1, 0.15) is 17.4 Å². The summed E-state index contributed by atoms with van der Waals surface area (Å²) in [5.74, 6) is 0.977. The second-order valence-electron chi connectivity index (χ2n) is 6.42. The number of rotatable bonds is 3. The van der Waals surface area contributed by atoms with Crippen molar-refractivity contribution >= 4 is 0 Å². The Bertz CT molecular complexity index is 549. The van der Waals surface area contributed by atoms with Crippen LogP contribution < -0.4 is 10.1 Å². The van der Waals surface area contributed by atoms with Crippen LogP contribution in [0.2, 0.25) is 0 Å². The number of nitrogens with zero attached hydrogens (tertiary/aromatic N) is 1. The van der Waals surface area contributed by atoms with Gasteiger partial charge < -0.3 is 10.1 Å². The summed E-state index contributed by atoms with van der Waals surface area (Å²) >= 11 is 0. The molecule has 2 aliphatic carbocycles. The zero-order valence-electron chi connectivity index (χ0n) is 12.8. The molecule has 0 aromatic heterocycles. The van der Waals surface area contributed by atoms with Crippen molar-refractivity contribution < 1.29 is 4.74 Å². The van der Waals surface area contributed by atoms with E-state index < -0.39 is 5.54 Å². The molecule has 1 fully saturated rings. The first-order chi connectivity index (χ1) is 10.2. The fourth-order valence-corrected chi connectivity index (χ4v) is 3.68. The van der Waals surface area contributed by atoms with Gasteiger partial charge in [0.15, 0.2) is 0 Å². The summed E-state index contributed by atoms with van der Waals surface area (Å²) in [5, 5.41) is 12.6. The van der Waals surface area contributed by atoms with Crippen molar-refractivity contribution in [3.05, 3.63) is 29.3 Å². The second kappa shape index (κ2) is 6.07. The largest absolute Gasteiger partial charge is 0.490 e. The van der Waals surface area contributed by atoms with Crippen LogP contribution in [0.4, 0.5) is 0 Å². The summed E-state index contributed by atoms with van der Waals surface area (Å²) in [6.45, 7) is 0. The van der Waals surface area contributed by atoms with Crippen LogP contribution in [0.3, 0.4) is 0 Å². The van der Waals surface area contributed by atoms with Crippen molar-refractivity contribution in [1.29, 1.82) is 5.26 Å². The molecule has 112 valence electrons. The van der Waals surface area contributed by atoms with Gasteiger partial charge in [-0.05, 0) is 75.3 Å². The highest BCUT2D eigenvalue weighted by Gasteiger charge is 2.36. The predicted molar refractivity (Wildman–Crippen MR) is 83.4 cm³/mol. The number of ether oxygens (including phenoxy) is 1. The molecule has 0 heterocycles. The molecule has 1 N–H and O–H groups in total. The van der Waals surface area contributed by atoms with E-state index in [1.165, 1.54) is 36.8 Å². The highest BCUT2D eigenvalue weighted by molar-refractivity contribution is 5.37.